The van der Waals surface area contributed by atoms with Gasteiger partial charge in [-0.2, -0.15) is 0 Å². The first-order valence-electron chi connectivity index (χ1n) is 6.80. The maximum absolute atomic E-state index is 12.3. The van der Waals surface area contributed by atoms with E-state index in [0.717, 1.165) is 22.5 Å². The van der Waals surface area contributed by atoms with Gasteiger partial charge in [0.15, 0.2) is 0 Å². The van der Waals surface area contributed by atoms with Crippen molar-refractivity contribution in [3.8, 4) is 0 Å². The smallest absolute Gasteiger partial charge is 0.250 e. The second-order valence-corrected chi connectivity index (χ2v) is 4.79. The molecule has 0 aliphatic carbocycles. The minimum absolute atomic E-state index is 0.0600. The van der Waals surface area contributed by atoms with Gasteiger partial charge in [-0.15, -0.1) is 0 Å². The number of aliphatic imine (C=N–C) groups is 1. The Balaban J connectivity index is 2.14. The van der Waals surface area contributed by atoms with Gasteiger partial charge < -0.3 is 4.74 Å². The van der Waals surface area contributed by atoms with E-state index in [1.165, 1.54) is 0 Å². The van der Waals surface area contributed by atoms with Gasteiger partial charge in [0.25, 0.3) is 5.91 Å². The number of amides is 1. The molecule has 2 aromatic carbocycles. The highest BCUT2D eigenvalue weighted by molar-refractivity contribution is 6.19. The highest BCUT2D eigenvalue weighted by atomic mass is 16.5. The number of rotatable bonds is 3. The zero-order chi connectivity index (χ0) is 14.7. The number of benzodiazepines with no additional fused rings is 1. The molecule has 0 N–H and O–H groups in total. The molecule has 0 radical (unpaired) electrons. The van der Waals surface area contributed by atoms with Crippen LogP contribution in [0.5, 0.6) is 0 Å². The van der Waals surface area contributed by atoms with Crippen LogP contribution >= 0.6 is 0 Å². The molecule has 21 heavy (non-hydrogen) atoms. The SMILES string of the molecule is COCN1C(=O)CN=C(c2ccccc2)c2ccccc21. The Kier molecular flexibility index (Phi) is 3.79. The molecule has 0 fully saturated rings. The summed E-state index contributed by atoms with van der Waals surface area (Å²) >= 11 is 0. The largest absolute Gasteiger partial charge is 0.364 e. The Morgan fingerprint density at radius 3 is 2.57 bits per heavy atom. The molecule has 4 nitrogen and oxygen atoms in total. The van der Waals surface area contributed by atoms with E-state index in [4.69, 9.17) is 4.74 Å². The lowest BCUT2D eigenvalue weighted by Gasteiger charge is -2.21. The van der Waals surface area contributed by atoms with Crippen LogP contribution in [0, 0.1) is 0 Å². The Morgan fingerprint density at radius 1 is 1.10 bits per heavy atom. The Morgan fingerprint density at radius 2 is 1.81 bits per heavy atom. The van der Waals surface area contributed by atoms with Crippen molar-refractivity contribution in [1.29, 1.82) is 0 Å². The Hall–Kier alpha value is -2.46. The first kappa shape index (κ1) is 13.5. The normalized spacial score (nSPS) is 14.4. The molecule has 4 heteroatoms. The molecule has 0 unspecified atom stereocenters. The quantitative estimate of drug-likeness (QED) is 0.866. The molecule has 1 aliphatic rings. The molecular formula is C17H16N2O2. The van der Waals surface area contributed by atoms with Crippen molar-refractivity contribution in [1.82, 2.24) is 0 Å². The number of hydrogen-bond acceptors (Lipinski definition) is 3. The van der Waals surface area contributed by atoms with Crippen LogP contribution in [-0.2, 0) is 9.53 Å². The van der Waals surface area contributed by atoms with E-state index in [9.17, 15) is 4.79 Å². The monoisotopic (exact) mass is 280 g/mol. The summed E-state index contributed by atoms with van der Waals surface area (Å²) in [6, 6.07) is 17.7. The van der Waals surface area contributed by atoms with E-state index in [1.807, 2.05) is 54.6 Å². The van der Waals surface area contributed by atoms with Gasteiger partial charge in [0, 0.05) is 18.2 Å². The van der Waals surface area contributed by atoms with Crippen LogP contribution in [0.3, 0.4) is 0 Å². The van der Waals surface area contributed by atoms with Gasteiger partial charge in [-0.25, -0.2) is 0 Å². The van der Waals surface area contributed by atoms with Crippen LogP contribution < -0.4 is 4.90 Å². The van der Waals surface area contributed by atoms with Crippen LogP contribution in [0.25, 0.3) is 0 Å². The topological polar surface area (TPSA) is 41.9 Å². The molecule has 1 aliphatic heterocycles. The first-order valence-corrected chi connectivity index (χ1v) is 6.80. The van der Waals surface area contributed by atoms with E-state index in [2.05, 4.69) is 4.99 Å². The summed E-state index contributed by atoms with van der Waals surface area (Å²) in [5, 5.41) is 0. The van der Waals surface area contributed by atoms with Crippen LogP contribution in [-0.4, -0.2) is 32.0 Å². The number of carbonyl (C=O) groups is 1. The predicted octanol–water partition coefficient (Wildman–Crippen LogP) is 2.47. The number of benzene rings is 2. The molecule has 0 spiro atoms. The van der Waals surface area contributed by atoms with Crippen LogP contribution in [0.4, 0.5) is 5.69 Å². The third kappa shape index (κ3) is 2.58. The van der Waals surface area contributed by atoms with E-state index in [0.29, 0.717) is 0 Å². The average Bonchev–Trinajstić information content (AvgIpc) is 2.67. The summed E-state index contributed by atoms with van der Waals surface area (Å²) in [7, 11) is 1.58. The molecule has 1 amide bonds. The number of ether oxygens (including phenoxy) is 1. The summed E-state index contributed by atoms with van der Waals surface area (Å²) < 4.78 is 5.16. The summed E-state index contributed by atoms with van der Waals surface area (Å²) in [5.41, 5.74) is 3.64. The summed E-state index contributed by atoms with van der Waals surface area (Å²) in [5.74, 6) is -0.0600. The highest BCUT2D eigenvalue weighted by Gasteiger charge is 2.24. The lowest BCUT2D eigenvalue weighted by molar-refractivity contribution is -0.118. The molecular weight excluding hydrogens is 264 g/mol. The summed E-state index contributed by atoms with van der Waals surface area (Å²) in [4.78, 5) is 18.4. The van der Waals surface area contributed by atoms with E-state index >= 15 is 0 Å². The maximum Gasteiger partial charge on any atom is 0.250 e. The van der Waals surface area contributed by atoms with Crippen LogP contribution in [0.1, 0.15) is 11.1 Å². The van der Waals surface area contributed by atoms with Crippen molar-refractivity contribution in [2.24, 2.45) is 4.99 Å². The van der Waals surface area contributed by atoms with Crippen molar-refractivity contribution >= 4 is 17.3 Å². The number of fused-ring (bicyclic) bond motifs is 1. The molecule has 2 aromatic rings. The minimum Gasteiger partial charge on any atom is -0.364 e. The number of methoxy groups -OCH3 is 1. The first-order chi connectivity index (χ1) is 10.3. The average molecular weight is 280 g/mol. The zero-order valence-corrected chi connectivity index (χ0v) is 11.8. The van der Waals surface area contributed by atoms with E-state index in [1.54, 1.807) is 12.0 Å². The van der Waals surface area contributed by atoms with E-state index in [-0.39, 0.29) is 19.2 Å². The molecule has 0 saturated carbocycles. The van der Waals surface area contributed by atoms with Gasteiger partial charge in [-0.3, -0.25) is 14.7 Å². The second-order valence-electron chi connectivity index (χ2n) is 4.79. The minimum atomic E-state index is -0.0600. The molecule has 1 heterocycles. The number of carbonyl (C=O) groups excluding carboxylic acids is 1. The number of anilines is 1. The van der Waals surface area contributed by atoms with Crippen molar-refractivity contribution < 1.29 is 9.53 Å². The predicted molar refractivity (Wildman–Crippen MR) is 82.8 cm³/mol. The Bertz CT molecular complexity index is 680. The van der Waals surface area contributed by atoms with Crippen molar-refractivity contribution in [2.75, 3.05) is 25.3 Å². The van der Waals surface area contributed by atoms with Gasteiger partial charge in [0.1, 0.15) is 13.3 Å². The van der Waals surface area contributed by atoms with Gasteiger partial charge in [0.2, 0.25) is 0 Å². The van der Waals surface area contributed by atoms with E-state index < -0.39 is 0 Å². The second kappa shape index (κ2) is 5.89. The summed E-state index contributed by atoms with van der Waals surface area (Å²) in [6.07, 6.45) is 0. The molecule has 0 atom stereocenters. The molecule has 0 aromatic heterocycles. The third-order valence-corrected chi connectivity index (χ3v) is 3.43. The van der Waals surface area contributed by atoms with Crippen molar-refractivity contribution in [3.05, 3.63) is 65.7 Å². The third-order valence-electron chi connectivity index (χ3n) is 3.43. The van der Waals surface area contributed by atoms with Gasteiger partial charge in [-0.05, 0) is 6.07 Å². The van der Waals surface area contributed by atoms with Crippen molar-refractivity contribution in [2.45, 2.75) is 0 Å². The molecule has 0 bridgehead atoms. The van der Waals surface area contributed by atoms with Gasteiger partial charge in [-0.1, -0.05) is 48.5 Å². The maximum atomic E-state index is 12.3. The number of para-hydroxylation sites is 1. The Labute approximate surface area is 123 Å². The summed E-state index contributed by atoms with van der Waals surface area (Å²) in [6.45, 7) is 0.357. The molecule has 0 saturated heterocycles. The van der Waals surface area contributed by atoms with Crippen molar-refractivity contribution in [3.63, 3.8) is 0 Å². The fourth-order valence-corrected chi connectivity index (χ4v) is 2.47. The lowest BCUT2D eigenvalue weighted by atomic mass is 10.0. The van der Waals surface area contributed by atoms with Gasteiger partial charge in [0.05, 0.1) is 11.4 Å². The lowest BCUT2D eigenvalue weighted by Crippen LogP contribution is -2.34. The van der Waals surface area contributed by atoms with Crippen LogP contribution in [0.2, 0.25) is 0 Å². The highest BCUT2D eigenvalue weighted by Crippen LogP contribution is 2.26. The molecule has 3 rings (SSSR count). The molecule has 106 valence electrons. The number of hydrogen-bond donors (Lipinski definition) is 0. The standard InChI is InChI=1S/C17H16N2O2/c1-21-12-19-15-10-6-5-9-14(15)17(18-11-16(19)20)13-7-3-2-4-8-13/h2-10H,11-12H2,1H3. The fourth-order valence-electron chi connectivity index (χ4n) is 2.47. The fraction of sp³-hybridized carbons (Fsp3) is 0.176. The van der Waals surface area contributed by atoms with Crippen LogP contribution in [0.15, 0.2) is 59.6 Å². The van der Waals surface area contributed by atoms with Gasteiger partial charge >= 0.3 is 0 Å². The number of nitrogens with zero attached hydrogens (tertiary/aromatic N) is 2. The zero-order valence-electron chi connectivity index (χ0n) is 11.8.